The van der Waals surface area contributed by atoms with Crippen molar-refractivity contribution in [3.63, 3.8) is 0 Å². The molecule has 0 radical (unpaired) electrons. The molecule has 0 fully saturated rings. The molecule has 0 amide bonds. The molecule has 1 aromatic heterocycles. The van der Waals surface area contributed by atoms with Crippen molar-refractivity contribution in [1.82, 2.24) is 4.57 Å². The molecule has 0 aliphatic heterocycles. The minimum Gasteiger partial charge on any atom is -0.492 e. The summed E-state index contributed by atoms with van der Waals surface area (Å²) in [6.45, 7) is 3.24. The maximum Gasteiger partial charge on any atom is 0.152 e. The fraction of sp³-hybridized carbons (Fsp3) is 0.136. The fourth-order valence-corrected chi connectivity index (χ4v) is 3.41. The second-order valence-electron chi connectivity index (χ2n) is 6.14. The average Bonchev–Trinajstić information content (AvgIpc) is 2.93. The maximum absolute atomic E-state index is 11.4. The van der Waals surface area contributed by atoms with Crippen LogP contribution < -0.4 is 4.74 Å². The number of hydrogen-bond donors (Lipinski definition) is 0. The smallest absolute Gasteiger partial charge is 0.152 e. The van der Waals surface area contributed by atoms with Crippen molar-refractivity contribution in [2.45, 2.75) is 13.5 Å². The van der Waals surface area contributed by atoms with Crippen molar-refractivity contribution < 1.29 is 9.53 Å². The standard InChI is InChI=1S/C22H19NO2/c1-16-21(15-24)20-8-4-5-9-22(20)23(16)12-13-25-19-11-10-17-6-2-3-7-18(17)14-19/h2-11,14-15H,12-13H2,1H3. The quantitative estimate of drug-likeness (QED) is 0.483. The van der Waals surface area contributed by atoms with Crippen LogP contribution in [0.4, 0.5) is 0 Å². The van der Waals surface area contributed by atoms with E-state index < -0.39 is 0 Å². The molecule has 3 aromatic carbocycles. The van der Waals surface area contributed by atoms with E-state index in [1.165, 1.54) is 10.8 Å². The van der Waals surface area contributed by atoms with Crippen molar-refractivity contribution >= 4 is 28.0 Å². The number of ether oxygens (including phenoxy) is 1. The highest BCUT2D eigenvalue weighted by molar-refractivity contribution is 5.99. The normalized spacial score (nSPS) is 11.1. The Kier molecular flexibility index (Phi) is 3.98. The molecule has 3 nitrogen and oxygen atoms in total. The molecule has 0 spiro atoms. The van der Waals surface area contributed by atoms with E-state index in [0.717, 1.165) is 34.2 Å². The second-order valence-corrected chi connectivity index (χ2v) is 6.14. The van der Waals surface area contributed by atoms with Gasteiger partial charge in [0.1, 0.15) is 12.4 Å². The van der Waals surface area contributed by atoms with E-state index in [2.05, 4.69) is 28.8 Å². The van der Waals surface area contributed by atoms with Crippen LogP contribution in [0.5, 0.6) is 5.75 Å². The van der Waals surface area contributed by atoms with Crippen molar-refractivity contribution in [3.05, 3.63) is 78.0 Å². The molecule has 1 heterocycles. The molecular formula is C22H19NO2. The Bertz CT molecular complexity index is 1060. The zero-order valence-electron chi connectivity index (χ0n) is 14.1. The van der Waals surface area contributed by atoms with Crippen LogP contribution in [-0.4, -0.2) is 17.5 Å². The number of aldehydes is 1. The van der Waals surface area contributed by atoms with Gasteiger partial charge < -0.3 is 9.30 Å². The van der Waals surface area contributed by atoms with Gasteiger partial charge in [-0.15, -0.1) is 0 Å². The van der Waals surface area contributed by atoms with Crippen LogP contribution in [0.2, 0.25) is 0 Å². The Labute approximate surface area is 146 Å². The van der Waals surface area contributed by atoms with Crippen molar-refractivity contribution in [2.75, 3.05) is 6.61 Å². The Balaban J connectivity index is 1.56. The lowest BCUT2D eigenvalue weighted by Gasteiger charge is -2.11. The van der Waals surface area contributed by atoms with E-state index in [0.29, 0.717) is 13.2 Å². The first-order valence-corrected chi connectivity index (χ1v) is 8.42. The SMILES string of the molecule is Cc1c(C=O)c2ccccc2n1CCOc1ccc2ccccc2c1. The average molecular weight is 329 g/mol. The van der Waals surface area contributed by atoms with Crippen LogP contribution in [0, 0.1) is 6.92 Å². The zero-order chi connectivity index (χ0) is 17.2. The van der Waals surface area contributed by atoms with Gasteiger partial charge in [0.25, 0.3) is 0 Å². The molecule has 0 aliphatic carbocycles. The molecule has 0 saturated carbocycles. The molecule has 25 heavy (non-hydrogen) atoms. The van der Waals surface area contributed by atoms with Gasteiger partial charge in [-0.1, -0.05) is 48.5 Å². The maximum atomic E-state index is 11.4. The van der Waals surface area contributed by atoms with Gasteiger partial charge in [0.05, 0.1) is 6.54 Å². The summed E-state index contributed by atoms with van der Waals surface area (Å²) in [5.41, 5.74) is 2.82. The van der Waals surface area contributed by atoms with Crippen LogP contribution in [0.3, 0.4) is 0 Å². The lowest BCUT2D eigenvalue weighted by atomic mass is 10.1. The Hall–Kier alpha value is -3.07. The van der Waals surface area contributed by atoms with Gasteiger partial charge in [-0.3, -0.25) is 4.79 Å². The number of fused-ring (bicyclic) bond motifs is 2. The number of carbonyl (C=O) groups is 1. The molecule has 4 aromatic rings. The number of nitrogens with zero attached hydrogens (tertiary/aromatic N) is 1. The number of para-hydroxylation sites is 1. The van der Waals surface area contributed by atoms with E-state index >= 15 is 0 Å². The summed E-state index contributed by atoms with van der Waals surface area (Å²) in [6.07, 6.45) is 0.943. The summed E-state index contributed by atoms with van der Waals surface area (Å²) in [5, 5.41) is 3.38. The predicted molar refractivity (Wildman–Crippen MR) is 102 cm³/mol. The second kappa shape index (κ2) is 6.44. The lowest BCUT2D eigenvalue weighted by molar-refractivity contribution is 0.112. The zero-order valence-corrected chi connectivity index (χ0v) is 14.1. The van der Waals surface area contributed by atoms with Crippen LogP contribution in [0.25, 0.3) is 21.7 Å². The minimum absolute atomic E-state index is 0.552. The summed E-state index contributed by atoms with van der Waals surface area (Å²) in [4.78, 5) is 11.4. The predicted octanol–water partition coefficient (Wildman–Crippen LogP) is 4.99. The minimum atomic E-state index is 0.552. The van der Waals surface area contributed by atoms with Gasteiger partial charge in [-0.05, 0) is 35.9 Å². The Morgan fingerprint density at radius 2 is 1.72 bits per heavy atom. The third-order valence-electron chi connectivity index (χ3n) is 4.70. The van der Waals surface area contributed by atoms with E-state index in [4.69, 9.17) is 4.74 Å². The number of hydrogen-bond acceptors (Lipinski definition) is 2. The highest BCUT2D eigenvalue weighted by Crippen LogP contribution is 2.25. The molecule has 0 aliphatic rings. The topological polar surface area (TPSA) is 31.2 Å². The summed E-state index contributed by atoms with van der Waals surface area (Å²) >= 11 is 0. The first-order chi connectivity index (χ1) is 12.3. The van der Waals surface area contributed by atoms with Crippen LogP contribution >= 0.6 is 0 Å². The molecule has 3 heteroatoms. The third kappa shape index (κ3) is 2.78. The highest BCUT2D eigenvalue weighted by atomic mass is 16.5. The molecule has 0 bridgehead atoms. The monoisotopic (exact) mass is 329 g/mol. The number of carbonyl (C=O) groups excluding carboxylic acids is 1. The number of rotatable bonds is 5. The summed E-state index contributed by atoms with van der Waals surface area (Å²) in [6, 6.07) is 22.4. The molecule has 0 saturated heterocycles. The van der Waals surface area contributed by atoms with Crippen molar-refractivity contribution in [1.29, 1.82) is 0 Å². The van der Waals surface area contributed by atoms with Gasteiger partial charge in [-0.25, -0.2) is 0 Å². The summed E-state index contributed by atoms with van der Waals surface area (Å²) < 4.78 is 8.11. The number of aromatic nitrogens is 1. The molecule has 0 unspecified atom stereocenters. The molecular weight excluding hydrogens is 310 g/mol. The van der Waals surface area contributed by atoms with Crippen LogP contribution in [0.15, 0.2) is 66.7 Å². The molecule has 124 valence electrons. The van der Waals surface area contributed by atoms with Crippen LogP contribution in [0.1, 0.15) is 16.1 Å². The van der Waals surface area contributed by atoms with Crippen molar-refractivity contribution in [3.8, 4) is 5.75 Å². The van der Waals surface area contributed by atoms with Gasteiger partial charge in [0, 0.05) is 22.2 Å². The Morgan fingerprint density at radius 3 is 2.56 bits per heavy atom. The lowest BCUT2D eigenvalue weighted by Crippen LogP contribution is -2.09. The van der Waals surface area contributed by atoms with E-state index in [1.54, 1.807) is 0 Å². The van der Waals surface area contributed by atoms with Gasteiger partial charge in [0.15, 0.2) is 6.29 Å². The van der Waals surface area contributed by atoms with E-state index in [-0.39, 0.29) is 0 Å². The van der Waals surface area contributed by atoms with Crippen LogP contribution in [-0.2, 0) is 6.54 Å². The summed E-state index contributed by atoms with van der Waals surface area (Å²) in [5.74, 6) is 0.864. The first-order valence-electron chi connectivity index (χ1n) is 8.42. The highest BCUT2D eigenvalue weighted by Gasteiger charge is 2.12. The third-order valence-corrected chi connectivity index (χ3v) is 4.70. The largest absolute Gasteiger partial charge is 0.492 e. The van der Waals surface area contributed by atoms with Gasteiger partial charge >= 0.3 is 0 Å². The Morgan fingerprint density at radius 1 is 0.960 bits per heavy atom. The van der Waals surface area contributed by atoms with E-state index in [1.807, 2.05) is 49.4 Å². The summed E-state index contributed by atoms with van der Waals surface area (Å²) in [7, 11) is 0. The molecule has 4 rings (SSSR count). The van der Waals surface area contributed by atoms with Gasteiger partial charge in [0.2, 0.25) is 0 Å². The van der Waals surface area contributed by atoms with Gasteiger partial charge in [-0.2, -0.15) is 0 Å². The van der Waals surface area contributed by atoms with E-state index in [9.17, 15) is 4.79 Å². The first kappa shape index (κ1) is 15.5. The molecule has 0 N–H and O–H groups in total. The fourth-order valence-electron chi connectivity index (χ4n) is 3.41. The molecule has 0 atom stereocenters. The number of benzene rings is 3. The van der Waals surface area contributed by atoms with Crippen molar-refractivity contribution in [2.24, 2.45) is 0 Å².